The van der Waals surface area contributed by atoms with E-state index in [-0.39, 0.29) is 30.2 Å². The predicted octanol–water partition coefficient (Wildman–Crippen LogP) is 0.622. The Hall–Kier alpha value is -3.60. The van der Waals surface area contributed by atoms with Gasteiger partial charge in [0.15, 0.2) is 5.69 Å². The average Bonchev–Trinajstić information content (AvgIpc) is 2.64. The number of nitro benzene ring substituents is 1. The third kappa shape index (κ3) is 4.57. The maximum Gasteiger partial charge on any atom is 0.323 e. The summed E-state index contributed by atoms with van der Waals surface area (Å²) in [6.07, 6.45) is 0. The number of rotatable bonds is 8. The summed E-state index contributed by atoms with van der Waals surface area (Å²) in [5.74, 6) is -2.17. The zero-order valence-electron chi connectivity index (χ0n) is 15.2. The van der Waals surface area contributed by atoms with Crippen LogP contribution >= 0.6 is 0 Å². The Morgan fingerprint density at radius 1 is 1.36 bits per heavy atom. The average molecular weight is 390 g/mol. The van der Waals surface area contributed by atoms with Gasteiger partial charge in [-0.3, -0.25) is 24.5 Å². The summed E-state index contributed by atoms with van der Waals surface area (Å²) < 4.78 is 5.97. The van der Waals surface area contributed by atoms with Gasteiger partial charge in [-0.2, -0.15) is 5.10 Å². The van der Waals surface area contributed by atoms with Crippen LogP contribution in [-0.4, -0.2) is 63.4 Å². The maximum atomic E-state index is 12.7. The van der Waals surface area contributed by atoms with Gasteiger partial charge in [0.1, 0.15) is 12.2 Å². The van der Waals surface area contributed by atoms with Gasteiger partial charge in [0, 0.05) is 31.5 Å². The molecule has 0 saturated carbocycles. The third-order valence-corrected chi connectivity index (χ3v) is 3.80. The van der Waals surface area contributed by atoms with Gasteiger partial charge in [-0.25, -0.2) is 4.68 Å². The van der Waals surface area contributed by atoms with Crippen LogP contribution < -0.4 is 5.43 Å². The van der Waals surface area contributed by atoms with Gasteiger partial charge in [-0.15, -0.1) is 0 Å². The smallest absolute Gasteiger partial charge is 0.323 e. The second kappa shape index (κ2) is 8.86. The van der Waals surface area contributed by atoms with Crippen LogP contribution in [0.1, 0.15) is 16.2 Å². The van der Waals surface area contributed by atoms with Crippen molar-refractivity contribution in [2.45, 2.75) is 6.92 Å². The van der Waals surface area contributed by atoms with Gasteiger partial charge >= 0.3 is 5.97 Å². The molecule has 0 spiro atoms. The van der Waals surface area contributed by atoms with Crippen molar-refractivity contribution in [1.29, 1.82) is 0 Å². The first-order chi connectivity index (χ1) is 13.3. The number of carboxylic acids is 1. The molecule has 1 aromatic heterocycles. The molecule has 0 fully saturated rings. The number of carbonyl (C=O) groups excluding carboxylic acids is 1. The second-order valence-electron chi connectivity index (χ2n) is 5.77. The van der Waals surface area contributed by atoms with E-state index in [1.54, 1.807) is 6.07 Å². The quantitative estimate of drug-likeness (QED) is 0.510. The van der Waals surface area contributed by atoms with Crippen molar-refractivity contribution in [3.63, 3.8) is 0 Å². The van der Waals surface area contributed by atoms with E-state index in [1.807, 2.05) is 0 Å². The van der Waals surface area contributed by atoms with Gasteiger partial charge < -0.3 is 14.7 Å². The number of nitrogens with zero attached hydrogens (tertiary/aromatic N) is 4. The Morgan fingerprint density at radius 2 is 2.04 bits per heavy atom. The fourth-order valence-electron chi connectivity index (χ4n) is 2.50. The molecule has 0 aliphatic heterocycles. The molecule has 1 amide bonds. The lowest BCUT2D eigenvalue weighted by atomic mass is 10.2. The molecule has 0 aliphatic rings. The molecule has 0 saturated heterocycles. The highest BCUT2D eigenvalue weighted by atomic mass is 16.6. The Morgan fingerprint density at radius 3 is 2.64 bits per heavy atom. The molecule has 2 rings (SSSR count). The number of hydrogen-bond acceptors (Lipinski definition) is 7. The minimum Gasteiger partial charge on any atom is -0.480 e. The maximum absolute atomic E-state index is 12.7. The highest BCUT2D eigenvalue weighted by Gasteiger charge is 2.25. The van der Waals surface area contributed by atoms with Gasteiger partial charge in [0.25, 0.3) is 11.6 Å². The minimum atomic E-state index is -1.27. The molecule has 1 N–H and O–H groups in total. The Balaban J connectivity index is 2.56. The lowest BCUT2D eigenvalue weighted by Gasteiger charge is -2.20. The van der Waals surface area contributed by atoms with Crippen LogP contribution in [0.5, 0.6) is 0 Å². The molecule has 1 heterocycles. The SMILES string of the molecule is COCCN(CC(=O)O)C(=O)c1nn(-c2ccccc2[N+](=O)[O-])c(C)cc1=O. The van der Waals surface area contributed by atoms with Crippen molar-refractivity contribution in [3.05, 3.63) is 62.1 Å². The van der Waals surface area contributed by atoms with Crippen molar-refractivity contribution < 1.29 is 24.4 Å². The number of hydrogen-bond donors (Lipinski definition) is 1. The predicted molar refractivity (Wildman–Crippen MR) is 96.6 cm³/mol. The first-order valence-corrected chi connectivity index (χ1v) is 8.11. The van der Waals surface area contributed by atoms with E-state index < -0.39 is 34.5 Å². The number of ether oxygens (including phenoxy) is 1. The van der Waals surface area contributed by atoms with E-state index in [4.69, 9.17) is 9.84 Å². The minimum absolute atomic E-state index is 0.0588. The number of carbonyl (C=O) groups is 2. The van der Waals surface area contributed by atoms with Crippen molar-refractivity contribution in [2.75, 3.05) is 26.8 Å². The molecule has 0 bridgehead atoms. The largest absolute Gasteiger partial charge is 0.480 e. The van der Waals surface area contributed by atoms with Crippen LogP contribution in [0.3, 0.4) is 0 Å². The molecule has 11 heteroatoms. The molecule has 0 aliphatic carbocycles. The molecule has 28 heavy (non-hydrogen) atoms. The summed E-state index contributed by atoms with van der Waals surface area (Å²) in [5.41, 5.74) is -1.17. The van der Waals surface area contributed by atoms with Crippen LogP contribution in [-0.2, 0) is 9.53 Å². The molecular weight excluding hydrogens is 372 g/mol. The Labute approximate surface area is 158 Å². The van der Waals surface area contributed by atoms with Crippen LogP contribution in [0, 0.1) is 17.0 Å². The number of benzene rings is 1. The second-order valence-corrected chi connectivity index (χ2v) is 5.77. The van der Waals surface area contributed by atoms with Gasteiger partial charge in [-0.1, -0.05) is 12.1 Å². The lowest BCUT2D eigenvalue weighted by molar-refractivity contribution is -0.384. The monoisotopic (exact) mass is 390 g/mol. The molecule has 148 valence electrons. The lowest BCUT2D eigenvalue weighted by Crippen LogP contribution is -2.41. The van der Waals surface area contributed by atoms with Crippen molar-refractivity contribution in [3.8, 4) is 5.69 Å². The summed E-state index contributed by atoms with van der Waals surface area (Å²) in [5, 5.41) is 24.3. The number of aliphatic carboxylic acids is 1. The summed E-state index contributed by atoms with van der Waals surface area (Å²) in [7, 11) is 1.38. The van der Waals surface area contributed by atoms with E-state index in [0.717, 1.165) is 15.6 Å². The van der Waals surface area contributed by atoms with Gasteiger partial charge in [0.05, 0.1) is 11.5 Å². The highest BCUT2D eigenvalue weighted by Crippen LogP contribution is 2.22. The zero-order valence-corrected chi connectivity index (χ0v) is 15.2. The van der Waals surface area contributed by atoms with Gasteiger partial charge in [-0.05, 0) is 13.0 Å². The van der Waals surface area contributed by atoms with Crippen LogP contribution in [0.4, 0.5) is 5.69 Å². The van der Waals surface area contributed by atoms with Crippen LogP contribution in [0.2, 0.25) is 0 Å². The van der Waals surface area contributed by atoms with E-state index in [1.165, 1.54) is 32.2 Å². The summed E-state index contributed by atoms with van der Waals surface area (Å²) in [6.45, 7) is 0.855. The third-order valence-electron chi connectivity index (χ3n) is 3.80. The molecular formula is C17H18N4O7. The Bertz CT molecular complexity index is 970. The standard InChI is InChI=1S/C17H18N4O7/c1-11-9-14(22)16(17(25)19(7-8-28-2)10-15(23)24)18-20(11)12-5-3-4-6-13(12)21(26)27/h3-6,9H,7-8,10H2,1-2H3,(H,23,24). The fourth-order valence-corrected chi connectivity index (χ4v) is 2.50. The summed E-state index contributed by atoms with van der Waals surface area (Å²) >= 11 is 0. The molecule has 2 aromatic rings. The number of para-hydroxylation sites is 2. The number of carboxylic acid groups (broad SMARTS) is 1. The molecule has 0 radical (unpaired) electrons. The Kier molecular flexibility index (Phi) is 6.55. The van der Waals surface area contributed by atoms with Crippen LogP contribution in [0.25, 0.3) is 5.69 Å². The van der Waals surface area contributed by atoms with Crippen molar-refractivity contribution in [2.24, 2.45) is 0 Å². The normalized spacial score (nSPS) is 10.5. The summed E-state index contributed by atoms with van der Waals surface area (Å²) in [6, 6.07) is 6.84. The fraction of sp³-hybridized carbons (Fsp3) is 0.294. The first kappa shape index (κ1) is 20.7. The summed E-state index contributed by atoms with van der Waals surface area (Å²) in [4.78, 5) is 47.7. The zero-order chi connectivity index (χ0) is 20.8. The molecule has 1 aromatic carbocycles. The number of aromatic nitrogens is 2. The number of nitro groups is 1. The van der Waals surface area contributed by atoms with E-state index >= 15 is 0 Å². The van der Waals surface area contributed by atoms with E-state index in [9.17, 15) is 24.5 Å². The van der Waals surface area contributed by atoms with E-state index in [2.05, 4.69) is 5.10 Å². The van der Waals surface area contributed by atoms with E-state index in [0.29, 0.717) is 0 Å². The molecule has 11 nitrogen and oxygen atoms in total. The molecule has 0 unspecified atom stereocenters. The van der Waals surface area contributed by atoms with Gasteiger partial charge in [0.2, 0.25) is 5.43 Å². The number of aryl methyl sites for hydroxylation is 1. The van der Waals surface area contributed by atoms with Crippen molar-refractivity contribution >= 4 is 17.6 Å². The number of amides is 1. The van der Waals surface area contributed by atoms with Crippen LogP contribution in [0.15, 0.2) is 35.1 Å². The number of methoxy groups -OCH3 is 1. The first-order valence-electron chi connectivity index (χ1n) is 8.11. The topological polar surface area (TPSA) is 145 Å². The van der Waals surface area contributed by atoms with Crippen molar-refractivity contribution in [1.82, 2.24) is 14.7 Å². The molecule has 0 atom stereocenters. The highest BCUT2D eigenvalue weighted by molar-refractivity contribution is 5.94.